The van der Waals surface area contributed by atoms with E-state index in [1.165, 1.54) is 0 Å². The van der Waals surface area contributed by atoms with Crippen molar-refractivity contribution in [3.63, 3.8) is 0 Å². The summed E-state index contributed by atoms with van der Waals surface area (Å²) in [5, 5.41) is 19.7. The molecule has 7 atom stereocenters. The quantitative estimate of drug-likeness (QED) is 0.623. The summed E-state index contributed by atoms with van der Waals surface area (Å²) in [5.41, 5.74) is 0. The summed E-state index contributed by atoms with van der Waals surface area (Å²) in [6, 6.07) is 0.0986. The van der Waals surface area contributed by atoms with Crippen LogP contribution >= 0.6 is 0 Å². The van der Waals surface area contributed by atoms with Crippen LogP contribution < -0.4 is 0 Å². The molecule has 0 aromatic rings. The maximum atomic E-state index is 10.1. The number of hydrogen-bond donors (Lipinski definition) is 2. The second kappa shape index (κ2) is 3.65. The van der Waals surface area contributed by atoms with Gasteiger partial charge in [0, 0.05) is 12.5 Å². The minimum atomic E-state index is -0.452. The van der Waals surface area contributed by atoms with Gasteiger partial charge >= 0.3 is 0 Å². The zero-order valence-electron chi connectivity index (χ0n) is 9.74. The zero-order valence-corrected chi connectivity index (χ0v) is 9.74. The van der Waals surface area contributed by atoms with Gasteiger partial charge in [-0.1, -0.05) is 0 Å². The average Bonchev–Trinajstić information content (AvgIpc) is 3.12. The van der Waals surface area contributed by atoms with Gasteiger partial charge in [0.15, 0.2) is 0 Å². The second-order valence-electron chi connectivity index (χ2n) is 5.76. The Labute approximate surface area is 100 Å². The predicted octanol–water partition coefficient (Wildman–Crippen LogP) is -0.194. The fraction of sp³-hybridized carbons (Fsp3) is 1.00. The van der Waals surface area contributed by atoms with Crippen LogP contribution in [-0.4, -0.2) is 58.0 Å². The van der Waals surface area contributed by atoms with Crippen LogP contribution in [0.15, 0.2) is 0 Å². The van der Waals surface area contributed by atoms with E-state index >= 15 is 0 Å². The third-order valence-electron chi connectivity index (χ3n) is 4.57. The number of fused-ring (bicyclic) bond motifs is 2. The number of rotatable bonds is 1. The van der Waals surface area contributed by atoms with Crippen molar-refractivity contribution in [3.8, 4) is 0 Å². The van der Waals surface area contributed by atoms with Gasteiger partial charge in [-0.3, -0.25) is 0 Å². The Balaban J connectivity index is 1.53. The van der Waals surface area contributed by atoms with Gasteiger partial charge in [-0.25, -0.2) is 4.90 Å². The lowest BCUT2D eigenvalue weighted by Crippen LogP contribution is -2.51. The Bertz CT molecular complexity index is 308. The van der Waals surface area contributed by atoms with Crippen LogP contribution in [0.1, 0.15) is 32.1 Å². The van der Waals surface area contributed by atoms with E-state index < -0.39 is 6.10 Å². The minimum Gasteiger partial charge on any atom is -0.393 e. The number of nitrogens with zero attached hydrogens (tertiary/aromatic N) is 1. The maximum Gasteiger partial charge on any atom is 0.140 e. The van der Waals surface area contributed by atoms with E-state index in [1.807, 2.05) is 0 Å². The van der Waals surface area contributed by atoms with Gasteiger partial charge in [0.2, 0.25) is 0 Å². The number of aliphatic hydroxyl groups is 2. The number of likely N-dealkylation sites (tertiary alicyclic amines) is 1. The SMILES string of the molecule is OC1CCC(N2C3O[C@H]3CCC3O[C@H]32)C(O)C1. The van der Waals surface area contributed by atoms with Crippen LogP contribution in [0.25, 0.3) is 0 Å². The summed E-state index contributed by atoms with van der Waals surface area (Å²) in [7, 11) is 0. The Morgan fingerprint density at radius 2 is 1.53 bits per heavy atom. The molecule has 5 nitrogen and oxygen atoms in total. The molecule has 0 aromatic carbocycles. The number of aliphatic hydroxyl groups excluding tert-OH is 2. The predicted molar refractivity (Wildman–Crippen MR) is 58.0 cm³/mol. The molecule has 0 spiro atoms. The normalized spacial score (nSPS) is 57.9. The molecular weight excluding hydrogens is 222 g/mol. The molecule has 3 heterocycles. The van der Waals surface area contributed by atoms with Gasteiger partial charge < -0.3 is 19.7 Å². The molecule has 0 radical (unpaired) electrons. The van der Waals surface area contributed by atoms with Crippen molar-refractivity contribution in [2.24, 2.45) is 0 Å². The maximum absolute atomic E-state index is 10.1. The first-order chi connectivity index (χ1) is 8.24. The smallest absolute Gasteiger partial charge is 0.140 e. The topological polar surface area (TPSA) is 68.8 Å². The molecule has 2 N–H and O–H groups in total. The van der Waals surface area contributed by atoms with E-state index in [2.05, 4.69) is 4.90 Å². The van der Waals surface area contributed by atoms with E-state index in [0.29, 0.717) is 18.6 Å². The van der Waals surface area contributed by atoms with Gasteiger partial charge in [-0.15, -0.1) is 0 Å². The first-order valence-corrected chi connectivity index (χ1v) is 6.68. The van der Waals surface area contributed by atoms with Crippen LogP contribution in [0.3, 0.4) is 0 Å². The molecule has 96 valence electrons. The van der Waals surface area contributed by atoms with Gasteiger partial charge in [-0.05, 0) is 25.7 Å². The summed E-state index contributed by atoms with van der Waals surface area (Å²) in [5.74, 6) is 0. The highest BCUT2D eigenvalue weighted by Gasteiger charge is 2.60. The lowest BCUT2D eigenvalue weighted by Gasteiger charge is -2.37. The van der Waals surface area contributed by atoms with Gasteiger partial charge in [0.05, 0.1) is 24.4 Å². The molecule has 4 aliphatic rings. The molecule has 0 aromatic heterocycles. The van der Waals surface area contributed by atoms with Crippen molar-refractivity contribution in [3.05, 3.63) is 0 Å². The van der Waals surface area contributed by atoms with Crippen molar-refractivity contribution in [1.29, 1.82) is 0 Å². The van der Waals surface area contributed by atoms with E-state index in [0.717, 1.165) is 25.7 Å². The standard InChI is InChI=1S/C12H19NO4/c14-6-1-2-7(8(15)5-6)13-11-9(16-11)3-4-10-12(13)17-10/h6-12,14-15H,1-5H2/t6?,7?,8?,9-,10?,11?,12+/m0/s1. The van der Waals surface area contributed by atoms with Crippen molar-refractivity contribution in [2.75, 3.05) is 0 Å². The van der Waals surface area contributed by atoms with Crippen LogP contribution in [0, 0.1) is 0 Å². The molecule has 1 saturated carbocycles. The number of epoxide rings is 2. The molecule has 4 rings (SSSR count). The van der Waals surface area contributed by atoms with Gasteiger partial charge in [0.25, 0.3) is 0 Å². The van der Waals surface area contributed by atoms with E-state index in [1.54, 1.807) is 0 Å². The summed E-state index contributed by atoms with van der Waals surface area (Å²) < 4.78 is 11.3. The summed E-state index contributed by atoms with van der Waals surface area (Å²) in [6.45, 7) is 0. The Kier molecular flexibility index (Phi) is 2.30. The lowest BCUT2D eigenvalue weighted by molar-refractivity contribution is -0.0560. The highest BCUT2D eigenvalue weighted by atomic mass is 16.7. The largest absolute Gasteiger partial charge is 0.393 e. The number of ether oxygens (including phenoxy) is 2. The third kappa shape index (κ3) is 1.72. The summed E-state index contributed by atoms with van der Waals surface area (Å²) in [6.07, 6.45) is 4.46. The highest BCUT2D eigenvalue weighted by Crippen LogP contribution is 2.47. The number of hydrogen-bond acceptors (Lipinski definition) is 5. The van der Waals surface area contributed by atoms with Crippen molar-refractivity contribution < 1.29 is 19.7 Å². The highest BCUT2D eigenvalue weighted by molar-refractivity contribution is 5.03. The van der Waals surface area contributed by atoms with Crippen LogP contribution in [0.5, 0.6) is 0 Å². The molecule has 3 saturated heterocycles. The molecule has 3 aliphatic heterocycles. The minimum absolute atomic E-state index is 0.0986. The lowest BCUT2D eigenvalue weighted by atomic mass is 9.89. The summed E-state index contributed by atoms with van der Waals surface area (Å²) in [4.78, 5) is 2.24. The van der Waals surface area contributed by atoms with Gasteiger partial charge in [-0.2, -0.15) is 0 Å². The van der Waals surface area contributed by atoms with Crippen LogP contribution in [-0.2, 0) is 9.47 Å². The fourth-order valence-corrected chi connectivity index (χ4v) is 3.52. The molecule has 17 heavy (non-hydrogen) atoms. The first kappa shape index (κ1) is 10.7. The van der Waals surface area contributed by atoms with E-state index in [-0.39, 0.29) is 24.6 Å². The molecule has 4 fully saturated rings. The molecule has 0 bridgehead atoms. The molecular formula is C12H19NO4. The fourth-order valence-electron chi connectivity index (χ4n) is 3.52. The Morgan fingerprint density at radius 3 is 2.12 bits per heavy atom. The van der Waals surface area contributed by atoms with Crippen molar-refractivity contribution in [2.45, 2.75) is 75.0 Å². The van der Waals surface area contributed by atoms with Crippen molar-refractivity contribution in [1.82, 2.24) is 4.90 Å². The Morgan fingerprint density at radius 1 is 0.882 bits per heavy atom. The second-order valence-corrected chi connectivity index (χ2v) is 5.76. The Hall–Kier alpha value is -0.200. The third-order valence-corrected chi connectivity index (χ3v) is 4.57. The molecule has 0 amide bonds. The molecule has 5 heteroatoms. The van der Waals surface area contributed by atoms with E-state index in [4.69, 9.17) is 9.47 Å². The van der Waals surface area contributed by atoms with Crippen LogP contribution in [0.2, 0.25) is 0 Å². The molecule has 5 unspecified atom stereocenters. The molecule has 1 aliphatic carbocycles. The first-order valence-electron chi connectivity index (χ1n) is 6.68. The van der Waals surface area contributed by atoms with Crippen molar-refractivity contribution >= 4 is 0 Å². The van der Waals surface area contributed by atoms with E-state index in [9.17, 15) is 10.2 Å². The van der Waals surface area contributed by atoms with Gasteiger partial charge in [0.1, 0.15) is 12.5 Å². The zero-order chi connectivity index (χ0) is 11.6. The van der Waals surface area contributed by atoms with Crippen LogP contribution in [0.4, 0.5) is 0 Å². The summed E-state index contributed by atoms with van der Waals surface area (Å²) >= 11 is 0. The monoisotopic (exact) mass is 241 g/mol. The average molecular weight is 241 g/mol.